The van der Waals surface area contributed by atoms with Crippen LogP contribution in [0.5, 0.6) is 11.5 Å². The zero-order valence-electron chi connectivity index (χ0n) is 15.5. The normalized spacial score (nSPS) is 15.3. The third kappa shape index (κ3) is 4.10. The maximum Gasteiger partial charge on any atom is 0.270 e. The van der Waals surface area contributed by atoms with Gasteiger partial charge in [0.2, 0.25) is 0 Å². The molecule has 0 aliphatic carbocycles. The predicted molar refractivity (Wildman–Crippen MR) is 121 cm³/mol. The number of amides is 2. The molecule has 30 heavy (non-hydrogen) atoms. The van der Waals surface area contributed by atoms with E-state index in [9.17, 15) is 9.59 Å². The zero-order chi connectivity index (χ0) is 21.1. The van der Waals surface area contributed by atoms with Gasteiger partial charge in [-0.1, -0.05) is 48.0 Å². The average Bonchev–Trinajstić information content (AvgIpc) is 2.74. The number of hydrogen-bond acceptors (Lipinski definition) is 4. The highest BCUT2D eigenvalue weighted by molar-refractivity contribution is 7.80. The van der Waals surface area contributed by atoms with Crippen molar-refractivity contribution in [3.63, 3.8) is 0 Å². The number of ether oxygens (including phenoxy) is 1. The van der Waals surface area contributed by atoms with Gasteiger partial charge < -0.3 is 4.74 Å². The van der Waals surface area contributed by atoms with Gasteiger partial charge in [0.05, 0.1) is 5.69 Å². The van der Waals surface area contributed by atoms with Gasteiger partial charge >= 0.3 is 0 Å². The molecule has 3 aromatic rings. The minimum Gasteiger partial charge on any atom is -0.457 e. The Hall–Kier alpha value is -3.48. The van der Waals surface area contributed by atoms with Crippen molar-refractivity contribution in [2.75, 3.05) is 4.90 Å². The van der Waals surface area contributed by atoms with Crippen LogP contribution in [0.2, 0.25) is 5.02 Å². The molecular formula is C23H15ClN2O3S. The number of benzene rings is 3. The average molecular weight is 435 g/mol. The first-order valence-corrected chi connectivity index (χ1v) is 9.80. The van der Waals surface area contributed by atoms with Crippen molar-refractivity contribution in [3.05, 3.63) is 95.0 Å². The van der Waals surface area contributed by atoms with Crippen LogP contribution in [0.3, 0.4) is 0 Å². The highest BCUT2D eigenvalue weighted by Crippen LogP contribution is 2.27. The number of nitrogens with zero attached hydrogens (tertiary/aromatic N) is 1. The van der Waals surface area contributed by atoms with E-state index < -0.39 is 11.8 Å². The molecule has 0 bridgehead atoms. The van der Waals surface area contributed by atoms with Crippen molar-refractivity contribution in [2.24, 2.45) is 0 Å². The molecule has 0 saturated carbocycles. The number of carbonyl (C=O) groups is 2. The molecule has 0 radical (unpaired) electrons. The van der Waals surface area contributed by atoms with Crippen LogP contribution in [-0.2, 0) is 9.59 Å². The second kappa shape index (κ2) is 8.49. The van der Waals surface area contributed by atoms with Crippen LogP contribution < -0.4 is 15.0 Å². The topological polar surface area (TPSA) is 58.6 Å². The Balaban J connectivity index is 1.61. The highest BCUT2D eigenvalue weighted by atomic mass is 35.5. The molecule has 0 aromatic heterocycles. The summed E-state index contributed by atoms with van der Waals surface area (Å²) in [6.07, 6.45) is 1.46. The molecule has 5 nitrogen and oxygen atoms in total. The minimum absolute atomic E-state index is 0.0121. The first kappa shape index (κ1) is 19.8. The SMILES string of the molecule is O=C1NC(=S)N(c2ccc(Oc3ccccc3)cc2)C(=O)C1=Cc1ccccc1Cl. The van der Waals surface area contributed by atoms with E-state index in [1.165, 1.54) is 11.0 Å². The van der Waals surface area contributed by atoms with E-state index in [-0.39, 0.29) is 10.7 Å². The maximum atomic E-state index is 13.1. The molecule has 1 N–H and O–H groups in total. The molecule has 1 heterocycles. The van der Waals surface area contributed by atoms with E-state index in [0.29, 0.717) is 27.8 Å². The summed E-state index contributed by atoms with van der Waals surface area (Å²) >= 11 is 11.4. The molecule has 2 amide bonds. The van der Waals surface area contributed by atoms with Crippen LogP contribution in [0.15, 0.2) is 84.4 Å². The van der Waals surface area contributed by atoms with E-state index in [0.717, 1.165) is 0 Å². The van der Waals surface area contributed by atoms with Crippen LogP contribution in [0.1, 0.15) is 5.56 Å². The molecule has 0 unspecified atom stereocenters. The summed E-state index contributed by atoms with van der Waals surface area (Å²) in [5, 5.41) is 3.01. The molecule has 148 valence electrons. The largest absolute Gasteiger partial charge is 0.457 e. The van der Waals surface area contributed by atoms with Gasteiger partial charge in [-0.25, -0.2) is 0 Å². The second-order valence-corrected chi connectivity index (χ2v) is 7.18. The Kier molecular flexibility index (Phi) is 5.61. The second-order valence-electron chi connectivity index (χ2n) is 6.39. The van der Waals surface area contributed by atoms with Gasteiger partial charge in [-0.2, -0.15) is 0 Å². The van der Waals surface area contributed by atoms with Crippen molar-refractivity contribution >= 4 is 52.5 Å². The number of halogens is 1. The Morgan fingerprint density at radius 1 is 0.867 bits per heavy atom. The van der Waals surface area contributed by atoms with E-state index in [1.807, 2.05) is 30.3 Å². The number of hydrogen-bond donors (Lipinski definition) is 1. The van der Waals surface area contributed by atoms with Gasteiger partial charge in [0, 0.05) is 5.02 Å². The Labute approximate surface area is 183 Å². The van der Waals surface area contributed by atoms with Crippen molar-refractivity contribution in [1.29, 1.82) is 0 Å². The Morgan fingerprint density at radius 2 is 1.50 bits per heavy atom. The van der Waals surface area contributed by atoms with Gasteiger partial charge in [0.25, 0.3) is 11.8 Å². The van der Waals surface area contributed by atoms with E-state index in [4.69, 9.17) is 28.6 Å². The van der Waals surface area contributed by atoms with Crippen molar-refractivity contribution in [1.82, 2.24) is 5.32 Å². The zero-order valence-corrected chi connectivity index (χ0v) is 17.1. The molecule has 1 aliphatic rings. The lowest BCUT2D eigenvalue weighted by atomic mass is 10.1. The molecular weight excluding hydrogens is 420 g/mol. The lowest BCUT2D eigenvalue weighted by Gasteiger charge is -2.29. The fourth-order valence-electron chi connectivity index (χ4n) is 2.93. The highest BCUT2D eigenvalue weighted by Gasteiger charge is 2.34. The lowest BCUT2D eigenvalue weighted by molar-refractivity contribution is -0.122. The molecule has 1 aliphatic heterocycles. The van der Waals surface area contributed by atoms with Crippen molar-refractivity contribution < 1.29 is 14.3 Å². The van der Waals surface area contributed by atoms with Gasteiger partial charge in [-0.05, 0) is 66.3 Å². The molecule has 7 heteroatoms. The number of carbonyl (C=O) groups excluding carboxylic acids is 2. The van der Waals surface area contributed by atoms with E-state index in [1.54, 1.807) is 48.5 Å². The smallest absolute Gasteiger partial charge is 0.270 e. The number of para-hydroxylation sites is 1. The van der Waals surface area contributed by atoms with Gasteiger partial charge in [-0.15, -0.1) is 0 Å². The van der Waals surface area contributed by atoms with Gasteiger partial charge in [-0.3, -0.25) is 19.8 Å². The minimum atomic E-state index is -0.565. The fourth-order valence-corrected chi connectivity index (χ4v) is 3.40. The van der Waals surface area contributed by atoms with Crippen LogP contribution in [-0.4, -0.2) is 16.9 Å². The standard InChI is InChI=1S/C23H15ClN2O3S/c24-20-9-5-4-6-15(20)14-19-21(27)25-23(30)26(22(19)28)16-10-12-18(13-11-16)29-17-7-2-1-3-8-17/h1-14H,(H,25,27,30). The molecule has 0 atom stereocenters. The van der Waals surface area contributed by atoms with Crippen LogP contribution in [0.4, 0.5) is 5.69 Å². The van der Waals surface area contributed by atoms with Crippen LogP contribution in [0, 0.1) is 0 Å². The third-order valence-electron chi connectivity index (χ3n) is 4.38. The van der Waals surface area contributed by atoms with Crippen LogP contribution in [0.25, 0.3) is 6.08 Å². The summed E-state index contributed by atoms with van der Waals surface area (Å²) in [5.41, 5.74) is 1.02. The fraction of sp³-hybridized carbons (Fsp3) is 0. The summed E-state index contributed by atoms with van der Waals surface area (Å²) in [7, 11) is 0. The first-order valence-electron chi connectivity index (χ1n) is 9.02. The van der Waals surface area contributed by atoms with Crippen molar-refractivity contribution in [2.45, 2.75) is 0 Å². The van der Waals surface area contributed by atoms with Gasteiger partial charge in [0.1, 0.15) is 17.1 Å². The van der Waals surface area contributed by atoms with E-state index in [2.05, 4.69) is 5.32 Å². The molecule has 3 aromatic carbocycles. The number of nitrogens with one attached hydrogen (secondary N) is 1. The molecule has 4 rings (SSSR count). The molecule has 0 spiro atoms. The monoisotopic (exact) mass is 434 g/mol. The van der Waals surface area contributed by atoms with E-state index >= 15 is 0 Å². The lowest BCUT2D eigenvalue weighted by Crippen LogP contribution is -2.54. The number of thiocarbonyl (C=S) groups is 1. The van der Waals surface area contributed by atoms with Crippen molar-refractivity contribution in [3.8, 4) is 11.5 Å². The summed E-state index contributed by atoms with van der Waals surface area (Å²) in [5.74, 6) is 0.217. The quantitative estimate of drug-likeness (QED) is 0.358. The first-order chi connectivity index (χ1) is 14.5. The number of anilines is 1. The van der Waals surface area contributed by atoms with Gasteiger partial charge in [0.15, 0.2) is 5.11 Å². The maximum absolute atomic E-state index is 13.1. The molecule has 1 saturated heterocycles. The Bertz CT molecular complexity index is 1160. The van der Waals surface area contributed by atoms with Crippen LogP contribution >= 0.6 is 23.8 Å². The summed E-state index contributed by atoms with van der Waals surface area (Å²) in [4.78, 5) is 26.7. The Morgan fingerprint density at radius 3 is 2.20 bits per heavy atom. The summed E-state index contributed by atoms with van der Waals surface area (Å²) in [6, 6.07) is 23.2. The third-order valence-corrected chi connectivity index (χ3v) is 5.01. The molecule has 1 fully saturated rings. The summed E-state index contributed by atoms with van der Waals surface area (Å²) < 4.78 is 5.77. The number of rotatable bonds is 4. The summed E-state index contributed by atoms with van der Waals surface area (Å²) in [6.45, 7) is 0. The predicted octanol–water partition coefficient (Wildman–Crippen LogP) is 4.96.